The van der Waals surface area contributed by atoms with Gasteiger partial charge in [0.15, 0.2) is 0 Å². The molecule has 0 aliphatic carbocycles. The Labute approximate surface area is 225 Å². The first-order valence-electron chi connectivity index (χ1n) is 13.0. The Hall–Kier alpha value is 0.0987. The number of hydrogen-bond acceptors (Lipinski definition) is 3. The van der Waals surface area contributed by atoms with E-state index in [1.165, 1.54) is 37.6 Å². The van der Waals surface area contributed by atoms with E-state index in [1.54, 1.807) is 0 Å². The fourth-order valence-electron chi connectivity index (χ4n) is 3.92. The van der Waals surface area contributed by atoms with Gasteiger partial charge in [0.25, 0.3) is 0 Å². The van der Waals surface area contributed by atoms with Gasteiger partial charge in [-0.05, 0) is 0 Å². The van der Waals surface area contributed by atoms with Crippen LogP contribution in [0.4, 0.5) is 13.2 Å². The molecule has 1 rings (SSSR count). The molecule has 1 aromatic rings. The third-order valence-corrected chi connectivity index (χ3v) is 28.9. The van der Waals surface area contributed by atoms with Gasteiger partial charge in [0.1, 0.15) is 0 Å². The molecule has 0 aliphatic rings. The van der Waals surface area contributed by atoms with E-state index in [-0.39, 0.29) is 6.04 Å². The molecule has 0 N–H and O–H groups in total. The molecule has 0 saturated heterocycles. The third-order valence-electron chi connectivity index (χ3n) is 5.94. The van der Waals surface area contributed by atoms with E-state index in [2.05, 4.69) is 26.8 Å². The Morgan fingerprint density at radius 3 is 1.83 bits per heavy atom. The molecule has 0 bridgehead atoms. The zero-order valence-corrected chi connectivity index (χ0v) is 27.9. The van der Waals surface area contributed by atoms with Gasteiger partial charge in [0.2, 0.25) is 0 Å². The van der Waals surface area contributed by atoms with Crippen molar-refractivity contribution in [1.29, 1.82) is 0 Å². The van der Waals surface area contributed by atoms with Gasteiger partial charge < -0.3 is 0 Å². The van der Waals surface area contributed by atoms with E-state index in [9.17, 15) is 21.6 Å². The summed E-state index contributed by atoms with van der Waals surface area (Å²) >= 11 is -6.27. The molecule has 0 aliphatic heterocycles. The van der Waals surface area contributed by atoms with Crippen molar-refractivity contribution in [2.45, 2.75) is 103 Å². The molecule has 0 aromatic heterocycles. The van der Waals surface area contributed by atoms with Crippen LogP contribution in [0, 0.1) is 15.1 Å². The molecule has 3 nitrogen and oxygen atoms in total. The fraction of sp³-hybridized carbons (Fsp3) is 0.692. The number of unbranched alkanes of at least 4 members (excludes halogenated alkanes) is 3. The first-order valence-corrected chi connectivity index (χ1v) is 25.0. The molecule has 1 aromatic carbocycles. The van der Waals surface area contributed by atoms with Gasteiger partial charge >= 0.3 is 226 Å². The van der Waals surface area contributed by atoms with Crippen LogP contribution in [0.15, 0.2) is 33.9 Å². The number of hydrogen-bond donors (Lipinski definition) is 0. The van der Waals surface area contributed by atoms with E-state index in [0.717, 1.165) is 43.0 Å². The van der Waals surface area contributed by atoms with Gasteiger partial charge in [0, 0.05) is 0 Å². The van der Waals surface area contributed by atoms with Crippen LogP contribution in [0.25, 0.3) is 0 Å². The van der Waals surface area contributed by atoms with Gasteiger partial charge in [-0.15, -0.1) is 0 Å². The average molecular weight is 739 g/mol. The number of allylic oxidation sites excluding steroid dienone is 2. The van der Waals surface area contributed by atoms with E-state index < -0.39 is 59.7 Å². The topological polar surface area (TPSA) is 43.4 Å². The van der Waals surface area contributed by atoms with Crippen LogP contribution >= 0.6 is 20.2 Å². The Kier molecular flexibility index (Phi) is 13.3. The van der Waals surface area contributed by atoms with E-state index in [1.807, 2.05) is 20.8 Å². The van der Waals surface area contributed by atoms with Crippen molar-refractivity contribution < 1.29 is 25.5 Å². The normalized spacial score (nSPS) is 14.5. The molecule has 0 radical (unpaired) electrons. The quantitative estimate of drug-likeness (QED) is 0.0779. The second-order valence-corrected chi connectivity index (χ2v) is 30.3. The fourth-order valence-corrected chi connectivity index (χ4v) is 26.8. The van der Waals surface area contributed by atoms with Crippen molar-refractivity contribution >= 4 is 48.7 Å². The molecule has 0 saturated carbocycles. The molecule has 35 heavy (non-hydrogen) atoms. The summed E-state index contributed by atoms with van der Waals surface area (Å²) < 4.78 is 82.9. The molecule has 0 spiro atoms. The monoisotopic (exact) mass is 740 g/mol. The molecular formula is C26H43F3IO3SSn+. The van der Waals surface area contributed by atoms with Crippen LogP contribution in [0.1, 0.15) is 81.4 Å². The molecule has 0 unspecified atom stereocenters. The van der Waals surface area contributed by atoms with Gasteiger partial charge in [-0.2, -0.15) is 0 Å². The average Bonchev–Trinajstić information content (AvgIpc) is 2.78. The maximum atomic E-state index is 13.4. The number of alkyl halides is 3. The van der Waals surface area contributed by atoms with Crippen LogP contribution in [0.2, 0.25) is 17.7 Å². The predicted octanol–water partition coefficient (Wildman–Crippen LogP) is 9.73. The second-order valence-electron chi connectivity index (χ2n) is 10.2. The summed E-state index contributed by atoms with van der Waals surface area (Å²) in [6.07, 6.45) is 10.4. The molecule has 0 atom stereocenters. The van der Waals surface area contributed by atoms with Crippen molar-refractivity contribution in [3.8, 4) is 0 Å². The summed E-state index contributed by atoms with van der Waals surface area (Å²) in [5.74, 6) is 0. The van der Waals surface area contributed by atoms with Gasteiger partial charge in [-0.3, -0.25) is 0 Å². The van der Waals surface area contributed by atoms with Crippen molar-refractivity contribution in [2.75, 3.05) is 0 Å². The third kappa shape index (κ3) is 10.8. The molecule has 0 fully saturated rings. The standard InChI is InChI=1S/C14H16F3IO3S.3C4H9.Sn/c1-5-12(13(2,3)4)18(11-9-7-6-8-10-11)21-22(19,20)14(15,16)17;3*1-3-4-2;/h6-10H,1H2,2-4H3;3*1,3-4H2,2H3;/q+1;;;;/i6D;;;;. The number of benzene rings is 1. The second kappa shape index (κ2) is 14.9. The summed E-state index contributed by atoms with van der Waals surface area (Å²) in [6, 6.07) is 6.21. The molecular weight excluding hydrogens is 695 g/mol. The van der Waals surface area contributed by atoms with Crippen LogP contribution in [-0.4, -0.2) is 32.3 Å². The minimum atomic E-state index is -5.78. The van der Waals surface area contributed by atoms with Crippen molar-refractivity contribution in [1.82, 2.24) is 0 Å². The maximum absolute atomic E-state index is 13.4. The minimum absolute atomic E-state index is 0.201. The Balaban J connectivity index is 3.66. The van der Waals surface area contributed by atoms with Crippen molar-refractivity contribution in [3.63, 3.8) is 0 Å². The first-order chi connectivity index (χ1) is 16.6. The summed E-state index contributed by atoms with van der Waals surface area (Å²) in [6.45, 7) is 12.2. The Morgan fingerprint density at radius 1 is 1.00 bits per heavy atom. The Morgan fingerprint density at radius 2 is 1.46 bits per heavy atom. The van der Waals surface area contributed by atoms with E-state index >= 15 is 0 Å². The van der Waals surface area contributed by atoms with Crippen LogP contribution < -0.4 is 0 Å². The predicted molar refractivity (Wildman–Crippen MR) is 151 cm³/mol. The summed E-state index contributed by atoms with van der Waals surface area (Å²) in [5.41, 5.74) is -6.10. The van der Waals surface area contributed by atoms with E-state index in [0.29, 0.717) is 7.15 Å². The zero-order valence-electron chi connectivity index (χ0n) is 23.0. The first kappa shape index (κ1) is 31.3. The van der Waals surface area contributed by atoms with Crippen LogP contribution in [-0.2, 0) is 12.6 Å². The number of rotatable bonds is 15. The van der Waals surface area contributed by atoms with Crippen molar-refractivity contribution in [2.24, 2.45) is 5.41 Å². The summed E-state index contributed by atoms with van der Waals surface area (Å²) in [7, 11) is -5.78. The molecule has 202 valence electrons. The van der Waals surface area contributed by atoms with Crippen molar-refractivity contribution in [3.05, 3.63) is 43.5 Å². The molecule has 0 amide bonds. The van der Waals surface area contributed by atoms with Gasteiger partial charge in [0.05, 0.1) is 0 Å². The van der Waals surface area contributed by atoms with Gasteiger partial charge in [-0.1, -0.05) is 0 Å². The van der Waals surface area contributed by atoms with Gasteiger partial charge in [-0.25, -0.2) is 0 Å². The molecule has 9 heteroatoms. The van der Waals surface area contributed by atoms with Crippen LogP contribution in [0.5, 0.6) is 0 Å². The SMILES string of the molecule is [2H]c1ccc(I(OS(=O)(=O)C(F)(F)F)C(=[C+][CH2][Sn]([CH2]CCC)([CH2]CCC)[CH2]CCC)C(C)(C)C)cc1. The Bertz CT molecular complexity index is 907. The van der Waals surface area contributed by atoms with E-state index in [4.69, 9.17) is 3.88 Å². The molecule has 0 heterocycles. The number of halogens is 4. The van der Waals surface area contributed by atoms with Crippen LogP contribution in [0.3, 0.4) is 0 Å². The summed E-state index contributed by atoms with van der Waals surface area (Å²) in [5, 5.41) is 0. The zero-order chi connectivity index (χ0) is 27.6. The summed E-state index contributed by atoms with van der Waals surface area (Å²) in [4.78, 5) is 0.